The lowest BCUT2D eigenvalue weighted by Crippen LogP contribution is -2.88. The van der Waals surface area contributed by atoms with Crippen LogP contribution in [0.5, 0.6) is 0 Å². The number of hydrogen-bond acceptors (Lipinski definition) is 13. The molecule has 6 aliphatic heterocycles. The van der Waals surface area contributed by atoms with Crippen LogP contribution in [0.1, 0.15) is 104 Å². The zero-order valence-electron chi connectivity index (χ0n) is 35.3. The molecule has 312 valence electrons. The third kappa shape index (κ3) is 10.2. The standard InChI is InChI=1S/C32H68O14Si8/c1-24(2)16-47-35-48(17-25(3)4)38-51(20-28(9)10)40-49(36-47,18-26(5)6)42-53(22-30(13)14)43-50(37-47,19-27(7)8)41-52(39-48,21-29(11)12)45-54(44-51,46-53)23-31(15)32(33)34/h23-30H,16-22H2,1-15H3,(H,33,34). The number of hydrogen-bond donors (Lipinski definition) is 1. The molecule has 54 heavy (non-hydrogen) atoms. The molecule has 6 aliphatic rings. The third-order valence-corrected chi connectivity index (χ3v) is 48.6. The molecule has 14 nitrogen and oxygen atoms in total. The van der Waals surface area contributed by atoms with Crippen LogP contribution < -0.4 is 0 Å². The zero-order chi connectivity index (χ0) is 40.3. The van der Waals surface area contributed by atoms with Gasteiger partial charge in [-0.2, -0.15) is 0 Å². The van der Waals surface area contributed by atoms with Crippen molar-refractivity contribution in [2.75, 3.05) is 0 Å². The van der Waals surface area contributed by atoms with Crippen LogP contribution in [0.4, 0.5) is 0 Å². The van der Waals surface area contributed by atoms with Gasteiger partial charge in [-0.3, -0.25) is 0 Å². The van der Waals surface area contributed by atoms with Crippen molar-refractivity contribution in [1.29, 1.82) is 0 Å². The number of carboxylic acid groups (broad SMARTS) is 1. The van der Waals surface area contributed by atoms with E-state index >= 15 is 0 Å². The molecule has 0 aromatic rings. The predicted octanol–water partition coefficient (Wildman–Crippen LogP) is 7.93. The van der Waals surface area contributed by atoms with E-state index in [0.717, 1.165) is 0 Å². The highest BCUT2D eigenvalue weighted by Gasteiger charge is 2.83. The van der Waals surface area contributed by atoms with E-state index in [1.807, 2.05) is 0 Å². The van der Waals surface area contributed by atoms with E-state index in [0.29, 0.717) is 42.3 Å². The van der Waals surface area contributed by atoms with Gasteiger partial charge in [-0.05, 0) is 54.0 Å². The number of rotatable bonds is 16. The van der Waals surface area contributed by atoms with E-state index in [4.69, 9.17) is 49.4 Å². The topological polar surface area (TPSA) is 148 Å². The lowest BCUT2D eigenvalue weighted by molar-refractivity contribution is -0.132. The SMILES string of the molecule is CC(=C[Si]12O[Si]3(CC(C)C)O[Si]4(CC(C)C)O[Si](CC(C)C)(O1)O[Si]1(CC(C)C)O[Si](CC(C)C)(O2)O[Si](CC(C)C)(O3)O[Si](CC(C)C)(O4)O1)C(=O)O. The second-order valence-electron chi connectivity index (χ2n) is 18.9. The first kappa shape index (κ1) is 45.5. The van der Waals surface area contributed by atoms with Crippen molar-refractivity contribution >= 4 is 76.4 Å². The molecule has 0 radical (unpaired) electrons. The van der Waals surface area contributed by atoms with Crippen molar-refractivity contribution < 1.29 is 59.3 Å². The second kappa shape index (κ2) is 16.1. The summed E-state index contributed by atoms with van der Waals surface area (Å²) in [6, 6.07) is 2.63. The fraction of sp³-hybridized carbons (Fsp3) is 0.906. The number of aliphatic carboxylic acids is 1. The van der Waals surface area contributed by atoms with Gasteiger partial charge in [0.25, 0.3) is 0 Å². The molecule has 22 heteroatoms. The van der Waals surface area contributed by atoms with Gasteiger partial charge in [0, 0.05) is 47.9 Å². The van der Waals surface area contributed by atoms with E-state index in [2.05, 4.69) is 96.9 Å². The molecule has 0 aliphatic carbocycles. The molecule has 6 saturated heterocycles. The molecule has 0 aromatic carbocycles. The molecular weight excluding hydrogens is 833 g/mol. The summed E-state index contributed by atoms with van der Waals surface area (Å²) in [5, 5.41) is 10.4. The Morgan fingerprint density at radius 1 is 0.389 bits per heavy atom. The van der Waals surface area contributed by atoms with Crippen molar-refractivity contribution in [3.05, 3.63) is 11.3 Å². The summed E-state index contributed by atoms with van der Waals surface area (Å²) >= 11 is 0. The molecule has 8 bridgehead atoms. The van der Waals surface area contributed by atoms with Gasteiger partial charge in [0.05, 0.1) is 0 Å². The fourth-order valence-electron chi connectivity index (χ4n) is 8.07. The summed E-state index contributed by atoms with van der Waals surface area (Å²) in [5.74, 6) is -0.874. The highest BCUT2D eigenvalue weighted by atomic mass is 28.6. The molecule has 0 spiro atoms. The largest absolute Gasteiger partial charge is 0.508 e. The van der Waals surface area contributed by atoms with Crippen LogP contribution in [-0.2, 0) is 54.2 Å². The van der Waals surface area contributed by atoms with Gasteiger partial charge in [0.1, 0.15) is 0 Å². The molecule has 6 fully saturated rings. The summed E-state index contributed by atoms with van der Waals surface area (Å²) in [6.07, 6.45) is 0. The summed E-state index contributed by atoms with van der Waals surface area (Å²) in [5.41, 5.74) is 1.49. The van der Waals surface area contributed by atoms with Crippen LogP contribution in [0, 0.1) is 41.4 Å². The van der Waals surface area contributed by atoms with E-state index in [9.17, 15) is 9.90 Å². The molecule has 6 heterocycles. The molecular formula is C32H68O14Si8. The van der Waals surface area contributed by atoms with Crippen molar-refractivity contribution in [3.8, 4) is 0 Å². The smallest absolute Gasteiger partial charge is 0.478 e. The van der Waals surface area contributed by atoms with Gasteiger partial charge in [-0.1, -0.05) is 96.9 Å². The zero-order valence-corrected chi connectivity index (χ0v) is 43.3. The minimum Gasteiger partial charge on any atom is -0.478 e. The summed E-state index contributed by atoms with van der Waals surface area (Å²) in [6.45, 7) is 30.9. The molecule has 6 rings (SSSR count). The Labute approximate surface area is 333 Å². The Morgan fingerprint density at radius 2 is 0.556 bits per heavy atom. The minimum atomic E-state index is -4.46. The molecule has 0 aromatic heterocycles. The lowest BCUT2D eigenvalue weighted by atomic mass is 10.3. The molecule has 0 unspecified atom stereocenters. The van der Waals surface area contributed by atoms with Crippen LogP contribution in [0.15, 0.2) is 11.3 Å². The van der Waals surface area contributed by atoms with Gasteiger partial charge in [0.2, 0.25) is 0 Å². The maximum absolute atomic E-state index is 12.7. The highest BCUT2D eigenvalue weighted by Crippen LogP contribution is 2.55. The Balaban J connectivity index is 2.01. The number of carboxylic acids is 1. The first-order valence-corrected chi connectivity index (χ1v) is 35.4. The van der Waals surface area contributed by atoms with Gasteiger partial charge < -0.3 is 54.5 Å². The maximum atomic E-state index is 12.7. The van der Waals surface area contributed by atoms with Gasteiger partial charge in [-0.25, -0.2) is 4.79 Å². The van der Waals surface area contributed by atoms with E-state index in [1.54, 1.807) is 0 Å². The average molecular weight is 902 g/mol. The van der Waals surface area contributed by atoms with Crippen molar-refractivity contribution in [3.63, 3.8) is 0 Å². The fourth-order valence-corrected chi connectivity index (χ4v) is 58.7. The molecule has 0 amide bonds. The Morgan fingerprint density at radius 3 is 0.704 bits per heavy atom. The van der Waals surface area contributed by atoms with Gasteiger partial charge >= 0.3 is 76.4 Å². The normalized spacial score (nSPS) is 41.0. The quantitative estimate of drug-likeness (QED) is 0.118. The van der Waals surface area contributed by atoms with E-state index in [-0.39, 0.29) is 47.0 Å². The average Bonchev–Trinajstić information content (AvgIpc) is 2.85. The molecule has 0 atom stereocenters. The van der Waals surface area contributed by atoms with Gasteiger partial charge in [-0.15, -0.1) is 0 Å². The summed E-state index contributed by atoms with van der Waals surface area (Å²) in [4.78, 5) is 12.7. The van der Waals surface area contributed by atoms with Crippen LogP contribution in [0.25, 0.3) is 0 Å². The Kier molecular flexibility index (Phi) is 13.6. The maximum Gasteiger partial charge on any atom is 0.508 e. The minimum absolute atomic E-state index is 0.00588. The first-order chi connectivity index (χ1) is 24.7. The van der Waals surface area contributed by atoms with Crippen LogP contribution in [0.2, 0.25) is 42.3 Å². The van der Waals surface area contributed by atoms with Crippen molar-refractivity contribution in [2.45, 2.75) is 146 Å². The first-order valence-electron chi connectivity index (χ1n) is 20.1. The molecule has 1 N–H and O–H groups in total. The monoisotopic (exact) mass is 900 g/mol. The van der Waals surface area contributed by atoms with Crippen LogP contribution in [-0.4, -0.2) is 81.5 Å². The molecule has 0 saturated carbocycles. The Bertz CT molecular complexity index is 1250. The highest BCUT2D eigenvalue weighted by molar-refractivity contribution is 7.04. The van der Waals surface area contributed by atoms with E-state index < -0.39 is 76.4 Å². The van der Waals surface area contributed by atoms with Crippen molar-refractivity contribution in [1.82, 2.24) is 0 Å². The van der Waals surface area contributed by atoms with Gasteiger partial charge in [0.15, 0.2) is 0 Å². The van der Waals surface area contributed by atoms with E-state index in [1.165, 1.54) is 12.6 Å². The Hall–Kier alpha value is 0.465. The summed E-state index contributed by atoms with van der Waals surface area (Å²) < 4.78 is 91.3. The predicted molar refractivity (Wildman–Crippen MR) is 218 cm³/mol. The second-order valence-corrected chi connectivity index (χ2v) is 42.6. The third-order valence-electron chi connectivity index (χ3n) is 9.03. The van der Waals surface area contributed by atoms with Crippen molar-refractivity contribution in [2.24, 2.45) is 41.4 Å². The van der Waals surface area contributed by atoms with Crippen LogP contribution in [0.3, 0.4) is 0 Å². The number of carbonyl (C=O) groups is 1. The van der Waals surface area contributed by atoms with Crippen LogP contribution >= 0.6 is 0 Å². The lowest BCUT2D eigenvalue weighted by Gasteiger charge is -2.63. The summed E-state index contributed by atoms with van der Waals surface area (Å²) in [7, 11) is -32.8.